The topological polar surface area (TPSA) is 74.2 Å². The van der Waals surface area contributed by atoms with Gasteiger partial charge in [0.1, 0.15) is 10.8 Å². The molecular formula is C7H7ClF3N3O. The maximum absolute atomic E-state index is 12.0. The highest BCUT2D eigenvalue weighted by Crippen LogP contribution is 2.32. The van der Waals surface area contributed by atoms with Crippen LogP contribution in [0.2, 0.25) is 5.15 Å². The van der Waals surface area contributed by atoms with Crippen molar-refractivity contribution in [1.29, 1.82) is 0 Å². The molecule has 0 spiro atoms. The highest BCUT2D eigenvalue weighted by atomic mass is 35.5. The molecule has 0 saturated carbocycles. The highest BCUT2D eigenvalue weighted by Gasteiger charge is 2.33. The summed E-state index contributed by atoms with van der Waals surface area (Å²) in [5.41, 5.74) is 10.1. The molecule has 84 valence electrons. The van der Waals surface area contributed by atoms with E-state index in [0.29, 0.717) is 0 Å². The molecule has 4 nitrogen and oxygen atoms in total. The molecule has 0 aliphatic carbocycles. The van der Waals surface area contributed by atoms with Crippen molar-refractivity contribution in [2.45, 2.75) is 12.9 Å². The van der Waals surface area contributed by atoms with Crippen molar-refractivity contribution in [1.82, 2.24) is 4.98 Å². The van der Waals surface area contributed by atoms with Gasteiger partial charge in [0.25, 0.3) is 0 Å². The maximum atomic E-state index is 12.0. The third-order valence-electron chi connectivity index (χ3n) is 1.45. The number of nitrogens with two attached hydrogens (primary N) is 2. The van der Waals surface area contributed by atoms with E-state index in [-0.39, 0.29) is 23.1 Å². The minimum absolute atomic E-state index is 0.0394. The zero-order chi connectivity index (χ0) is 11.6. The number of anilines is 1. The monoisotopic (exact) mass is 241 g/mol. The Balaban J connectivity index is 3.15. The fourth-order valence-electron chi connectivity index (χ4n) is 0.944. The van der Waals surface area contributed by atoms with Crippen molar-refractivity contribution in [2.75, 3.05) is 5.73 Å². The van der Waals surface area contributed by atoms with Crippen LogP contribution in [0.15, 0.2) is 6.07 Å². The number of pyridine rings is 1. The van der Waals surface area contributed by atoms with Gasteiger partial charge in [0.05, 0.1) is 5.69 Å². The zero-order valence-electron chi connectivity index (χ0n) is 7.31. The molecule has 0 unspecified atom stereocenters. The van der Waals surface area contributed by atoms with Gasteiger partial charge >= 0.3 is 6.36 Å². The van der Waals surface area contributed by atoms with Gasteiger partial charge in [-0.2, -0.15) is 0 Å². The Hall–Kier alpha value is -1.21. The highest BCUT2D eigenvalue weighted by molar-refractivity contribution is 6.29. The van der Waals surface area contributed by atoms with E-state index in [0.717, 1.165) is 6.07 Å². The summed E-state index contributed by atoms with van der Waals surface area (Å²) in [6.45, 7) is -0.254. The SMILES string of the molecule is NCc1nc(Cl)cc(N)c1OC(F)(F)F. The molecule has 1 aromatic rings. The number of halogens is 4. The predicted octanol–water partition coefficient (Wildman–Crippen LogP) is 1.67. The first-order chi connectivity index (χ1) is 6.83. The van der Waals surface area contributed by atoms with Crippen LogP contribution in [0.25, 0.3) is 0 Å². The zero-order valence-corrected chi connectivity index (χ0v) is 8.06. The normalized spacial score (nSPS) is 11.5. The van der Waals surface area contributed by atoms with Crippen molar-refractivity contribution in [2.24, 2.45) is 5.73 Å². The molecule has 0 aromatic carbocycles. The molecule has 0 atom stereocenters. The fraction of sp³-hybridized carbons (Fsp3) is 0.286. The first-order valence-corrected chi connectivity index (χ1v) is 4.12. The van der Waals surface area contributed by atoms with Crippen LogP contribution in [0.5, 0.6) is 5.75 Å². The number of rotatable bonds is 2. The Morgan fingerprint density at radius 1 is 1.47 bits per heavy atom. The second-order valence-electron chi connectivity index (χ2n) is 2.56. The number of hydrogen-bond donors (Lipinski definition) is 2. The van der Waals surface area contributed by atoms with Crippen LogP contribution < -0.4 is 16.2 Å². The summed E-state index contributed by atoms with van der Waals surface area (Å²) in [7, 11) is 0. The van der Waals surface area contributed by atoms with Crippen molar-refractivity contribution in [3.8, 4) is 5.75 Å². The summed E-state index contributed by atoms with van der Waals surface area (Å²) in [4.78, 5) is 3.57. The lowest BCUT2D eigenvalue weighted by atomic mass is 10.3. The van der Waals surface area contributed by atoms with Gasteiger partial charge < -0.3 is 16.2 Å². The van der Waals surface area contributed by atoms with Crippen molar-refractivity contribution in [3.05, 3.63) is 16.9 Å². The lowest BCUT2D eigenvalue weighted by molar-refractivity contribution is -0.274. The Morgan fingerprint density at radius 2 is 2.07 bits per heavy atom. The van der Waals surface area contributed by atoms with Crippen molar-refractivity contribution in [3.63, 3.8) is 0 Å². The summed E-state index contributed by atoms with van der Waals surface area (Å²) >= 11 is 5.49. The van der Waals surface area contributed by atoms with Crippen LogP contribution in [0.4, 0.5) is 18.9 Å². The van der Waals surface area contributed by atoms with Gasteiger partial charge in [-0.3, -0.25) is 0 Å². The van der Waals surface area contributed by atoms with E-state index in [4.69, 9.17) is 23.1 Å². The van der Waals surface area contributed by atoms with Gasteiger partial charge in [0.15, 0.2) is 5.75 Å². The fourth-order valence-corrected chi connectivity index (χ4v) is 1.16. The molecule has 8 heteroatoms. The summed E-state index contributed by atoms with van der Waals surface area (Å²) < 4.78 is 39.6. The van der Waals surface area contributed by atoms with Gasteiger partial charge in [0, 0.05) is 12.6 Å². The minimum Gasteiger partial charge on any atom is -0.402 e. The summed E-state index contributed by atoms with van der Waals surface area (Å²) in [6, 6.07) is 1.06. The van der Waals surface area contributed by atoms with E-state index < -0.39 is 12.1 Å². The van der Waals surface area contributed by atoms with Crippen LogP contribution in [0.3, 0.4) is 0 Å². The van der Waals surface area contributed by atoms with Crippen LogP contribution >= 0.6 is 11.6 Å². The molecule has 0 radical (unpaired) electrons. The first kappa shape index (κ1) is 11.9. The summed E-state index contributed by atoms with van der Waals surface area (Å²) in [5, 5.41) is -0.0394. The first-order valence-electron chi connectivity index (χ1n) is 3.74. The average Bonchev–Trinajstić information content (AvgIpc) is 2.07. The standard InChI is InChI=1S/C7H7ClF3N3O/c8-5-1-3(13)6(4(2-12)14-5)15-7(9,10)11/h1H,2,12H2,(H2,13,14). The molecule has 0 fully saturated rings. The number of nitrogen functional groups attached to an aromatic ring is 1. The molecule has 4 N–H and O–H groups in total. The van der Waals surface area contributed by atoms with Crippen LogP contribution in [-0.2, 0) is 6.54 Å². The molecular weight excluding hydrogens is 235 g/mol. The lowest BCUT2D eigenvalue weighted by Gasteiger charge is -2.13. The van der Waals surface area contributed by atoms with E-state index in [1.165, 1.54) is 0 Å². The van der Waals surface area contributed by atoms with Gasteiger partial charge in [-0.25, -0.2) is 4.98 Å². The lowest BCUT2D eigenvalue weighted by Crippen LogP contribution is -2.20. The smallest absolute Gasteiger partial charge is 0.402 e. The molecule has 0 bridgehead atoms. The van der Waals surface area contributed by atoms with Gasteiger partial charge in [-0.1, -0.05) is 11.6 Å². The number of nitrogens with zero attached hydrogens (tertiary/aromatic N) is 1. The van der Waals surface area contributed by atoms with E-state index in [9.17, 15) is 13.2 Å². The average molecular weight is 242 g/mol. The van der Waals surface area contributed by atoms with Gasteiger partial charge in [-0.15, -0.1) is 13.2 Å². The van der Waals surface area contributed by atoms with E-state index in [2.05, 4.69) is 9.72 Å². The second-order valence-corrected chi connectivity index (χ2v) is 2.95. The molecule has 1 rings (SSSR count). The third kappa shape index (κ3) is 3.14. The molecule has 1 heterocycles. The molecule has 0 aliphatic heterocycles. The predicted molar refractivity (Wildman–Crippen MR) is 48.2 cm³/mol. The van der Waals surface area contributed by atoms with Gasteiger partial charge in [-0.05, 0) is 0 Å². The second kappa shape index (κ2) is 4.11. The summed E-state index contributed by atoms with van der Waals surface area (Å²) in [6.07, 6.45) is -4.84. The number of aromatic nitrogens is 1. The van der Waals surface area contributed by atoms with Crippen LogP contribution in [0, 0.1) is 0 Å². The van der Waals surface area contributed by atoms with Crippen LogP contribution in [0.1, 0.15) is 5.69 Å². The maximum Gasteiger partial charge on any atom is 0.573 e. The van der Waals surface area contributed by atoms with E-state index >= 15 is 0 Å². The number of ether oxygens (including phenoxy) is 1. The molecule has 0 saturated heterocycles. The molecule has 15 heavy (non-hydrogen) atoms. The Labute approximate surface area is 88.0 Å². The number of alkyl halides is 3. The summed E-state index contributed by atoms with van der Waals surface area (Å²) in [5.74, 6) is -0.602. The quantitative estimate of drug-likeness (QED) is 0.773. The van der Waals surface area contributed by atoms with Crippen molar-refractivity contribution >= 4 is 17.3 Å². The van der Waals surface area contributed by atoms with Crippen molar-refractivity contribution < 1.29 is 17.9 Å². The molecule has 0 aliphatic rings. The van der Waals surface area contributed by atoms with Crippen LogP contribution in [-0.4, -0.2) is 11.3 Å². The molecule has 1 aromatic heterocycles. The third-order valence-corrected chi connectivity index (χ3v) is 1.65. The molecule has 0 amide bonds. The number of hydrogen-bond acceptors (Lipinski definition) is 4. The van der Waals surface area contributed by atoms with E-state index in [1.54, 1.807) is 0 Å². The minimum atomic E-state index is -4.84. The Bertz CT molecular complexity index is 369. The Morgan fingerprint density at radius 3 is 2.53 bits per heavy atom. The van der Waals surface area contributed by atoms with Gasteiger partial charge in [0.2, 0.25) is 0 Å². The Kier molecular flexibility index (Phi) is 3.25. The largest absolute Gasteiger partial charge is 0.573 e. The van der Waals surface area contributed by atoms with E-state index in [1.807, 2.05) is 0 Å².